The molecule has 1 fully saturated rings. The number of hydrogen-bond donors (Lipinski definition) is 1. The third-order valence-corrected chi connectivity index (χ3v) is 5.22. The summed E-state index contributed by atoms with van der Waals surface area (Å²) in [4.78, 5) is 7.22. The van der Waals surface area contributed by atoms with Crippen LogP contribution in [0.2, 0.25) is 0 Å². The van der Waals surface area contributed by atoms with Crippen LogP contribution in [0.5, 0.6) is 0 Å². The highest BCUT2D eigenvalue weighted by Gasteiger charge is 2.30. The summed E-state index contributed by atoms with van der Waals surface area (Å²) < 4.78 is 5.57. The van der Waals surface area contributed by atoms with Crippen LogP contribution in [0.1, 0.15) is 24.0 Å². The fraction of sp³-hybridized carbons (Fsp3) is 0.368. The van der Waals surface area contributed by atoms with Crippen LogP contribution in [0.25, 0.3) is 22.2 Å². The Labute approximate surface area is 140 Å². The second-order valence-corrected chi connectivity index (χ2v) is 6.76. The van der Waals surface area contributed by atoms with Gasteiger partial charge in [0.2, 0.25) is 0 Å². The highest BCUT2D eigenvalue weighted by atomic mass is 16.5. The van der Waals surface area contributed by atoms with E-state index in [0.717, 1.165) is 55.0 Å². The van der Waals surface area contributed by atoms with Crippen molar-refractivity contribution in [2.75, 3.05) is 18.1 Å². The molecular weight excluding hydrogens is 300 g/mol. The lowest BCUT2D eigenvalue weighted by molar-refractivity contribution is 0.0840. The number of H-pyrrole nitrogens is 1. The molecule has 2 aliphatic rings. The first-order chi connectivity index (χ1) is 11.8. The summed E-state index contributed by atoms with van der Waals surface area (Å²) in [6, 6.07) is 9.15. The topological polar surface area (TPSA) is 54.0 Å². The summed E-state index contributed by atoms with van der Waals surface area (Å²) in [6.45, 7) is 4.67. The summed E-state index contributed by atoms with van der Waals surface area (Å²) >= 11 is 0. The quantitative estimate of drug-likeness (QED) is 0.746. The SMILES string of the molecule is Cc1ccc2c(c1)-c1n[nH]c3ccnc(c13)N(C1CCOCC1)C2. The summed E-state index contributed by atoms with van der Waals surface area (Å²) in [5, 5.41) is 8.97. The second kappa shape index (κ2) is 5.31. The summed E-state index contributed by atoms with van der Waals surface area (Å²) in [6.07, 6.45) is 3.98. The maximum atomic E-state index is 5.57. The number of pyridine rings is 1. The predicted molar refractivity (Wildman–Crippen MR) is 94.1 cm³/mol. The van der Waals surface area contributed by atoms with Gasteiger partial charge in [-0.25, -0.2) is 4.98 Å². The largest absolute Gasteiger partial charge is 0.381 e. The Morgan fingerprint density at radius 1 is 1.21 bits per heavy atom. The molecule has 0 amide bonds. The normalized spacial score (nSPS) is 17.8. The van der Waals surface area contributed by atoms with Gasteiger partial charge in [-0.15, -0.1) is 0 Å². The highest BCUT2D eigenvalue weighted by Crippen LogP contribution is 2.40. The van der Waals surface area contributed by atoms with E-state index in [1.165, 1.54) is 16.7 Å². The first-order valence-corrected chi connectivity index (χ1v) is 8.58. The Balaban J connectivity index is 1.76. The molecule has 122 valence electrons. The third-order valence-electron chi connectivity index (χ3n) is 5.22. The lowest BCUT2D eigenvalue weighted by atomic mass is 10.0. The molecule has 0 atom stereocenters. The van der Waals surface area contributed by atoms with Gasteiger partial charge in [0, 0.05) is 37.6 Å². The minimum absolute atomic E-state index is 0.465. The first-order valence-electron chi connectivity index (χ1n) is 8.58. The van der Waals surface area contributed by atoms with Gasteiger partial charge in [-0.05, 0) is 37.5 Å². The van der Waals surface area contributed by atoms with Crippen LogP contribution >= 0.6 is 0 Å². The molecule has 2 aliphatic heterocycles. The van der Waals surface area contributed by atoms with E-state index in [0.29, 0.717) is 6.04 Å². The summed E-state index contributed by atoms with van der Waals surface area (Å²) in [5.74, 6) is 1.05. The zero-order valence-electron chi connectivity index (χ0n) is 13.7. The van der Waals surface area contributed by atoms with Gasteiger partial charge in [0.25, 0.3) is 0 Å². The van der Waals surface area contributed by atoms with Crippen molar-refractivity contribution < 1.29 is 4.74 Å². The number of aromatic nitrogens is 3. The molecule has 0 radical (unpaired) electrons. The third kappa shape index (κ3) is 2.04. The summed E-state index contributed by atoms with van der Waals surface area (Å²) in [5.41, 5.74) is 5.89. The van der Waals surface area contributed by atoms with Gasteiger partial charge < -0.3 is 9.64 Å². The van der Waals surface area contributed by atoms with Gasteiger partial charge in [-0.1, -0.05) is 17.7 Å². The van der Waals surface area contributed by atoms with Gasteiger partial charge >= 0.3 is 0 Å². The molecule has 2 aromatic heterocycles. The number of aryl methyl sites for hydroxylation is 1. The minimum atomic E-state index is 0.465. The van der Waals surface area contributed by atoms with Crippen molar-refractivity contribution in [1.82, 2.24) is 15.2 Å². The molecular formula is C19H20N4O. The number of anilines is 1. The van der Waals surface area contributed by atoms with E-state index >= 15 is 0 Å². The van der Waals surface area contributed by atoms with Crippen LogP contribution in [-0.2, 0) is 11.3 Å². The van der Waals surface area contributed by atoms with E-state index in [9.17, 15) is 0 Å². The van der Waals surface area contributed by atoms with E-state index in [2.05, 4.69) is 40.2 Å². The number of aromatic amines is 1. The van der Waals surface area contributed by atoms with Gasteiger partial charge in [0.05, 0.1) is 10.9 Å². The smallest absolute Gasteiger partial charge is 0.140 e. The molecule has 5 nitrogen and oxygen atoms in total. The molecule has 1 saturated heterocycles. The van der Waals surface area contributed by atoms with Crippen molar-refractivity contribution in [1.29, 1.82) is 0 Å². The Kier molecular flexibility index (Phi) is 3.10. The van der Waals surface area contributed by atoms with E-state index < -0.39 is 0 Å². The maximum absolute atomic E-state index is 5.57. The molecule has 0 saturated carbocycles. The molecule has 0 spiro atoms. The van der Waals surface area contributed by atoms with Gasteiger partial charge in [0.15, 0.2) is 0 Å². The molecule has 4 heterocycles. The van der Waals surface area contributed by atoms with E-state index in [-0.39, 0.29) is 0 Å². The van der Waals surface area contributed by atoms with Crippen LogP contribution in [-0.4, -0.2) is 34.4 Å². The van der Waals surface area contributed by atoms with E-state index in [4.69, 9.17) is 9.72 Å². The van der Waals surface area contributed by atoms with Crippen molar-refractivity contribution in [3.8, 4) is 11.3 Å². The van der Waals surface area contributed by atoms with Crippen LogP contribution in [0.4, 0.5) is 5.82 Å². The number of hydrogen-bond acceptors (Lipinski definition) is 4. The Morgan fingerprint density at radius 2 is 2.08 bits per heavy atom. The zero-order valence-corrected chi connectivity index (χ0v) is 13.7. The Hall–Kier alpha value is -2.40. The Bertz CT molecular complexity index is 911. The predicted octanol–water partition coefficient (Wildman–Crippen LogP) is 3.43. The van der Waals surface area contributed by atoms with E-state index in [1.54, 1.807) is 0 Å². The molecule has 5 heteroatoms. The molecule has 1 aromatic carbocycles. The number of benzene rings is 1. The molecule has 0 aliphatic carbocycles. The second-order valence-electron chi connectivity index (χ2n) is 6.76. The van der Waals surface area contributed by atoms with Crippen LogP contribution in [0.15, 0.2) is 30.5 Å². The number of nitrogens with zero attached hydrogens (tertiary/aromatic N) is 3. The molecule has 5 rings (SSSR count). The number of rotatable bonds is 1. The fourth-order valence-corrected chi connectivity index (χ4v) is 3.97. The molecule has 3 aromatic rings. The average molecular weight is 320 g/mol. The fourth-order valence-electron chi connectivity index (χ4n) is 3.97. The Morgan fingerprint density at radius 3 is 2.96 bits per heavy atom. The van der Waals surface area contributed by atoms with Crippen molar-refractivity contribution in [3.05, 3.63) is 41.6 Å². The number of ether oxygens (including phenoxy) is 1. The van der Waals surface area contributed by atoms with Crippen LogP contribution in [0, 0.1) is 6.92 Å². The lowest BCUT2D eigenvalue weighted by Gasteiger charge is -2.35. The standard InChI is InChI=1S/C19H20N4O/c1-12-2-3-13-11-23(14-5-8-24-9-6-14)19-17-16(4-7-20-19)21-22-18(17)15(13)10-12/h2-4,7,10,14H,5-6,8-9,11H2,1H3,(H,21,22). The summed E-state index contributed by atoms with van der Waals surface area (Å²) in [7, 11) is 0. The molecule has 0 bridgehead atoms. The molecule has 0 unspecified atom stereocenters. The monoisotopic (exact) mass is 320 g/mol. The van der Waals surface area contributed by atoms with Crippen molar-refractivity contribution >= 4 is 16.7 Å². The van der Waals surface area contributed by atoms with Crippen molar-refractivity contribution in [2.24, 2.45) is 0 Å². The van der Waals surface area contributed by atoms with Crippen LogP contribution in [0.3, 0.4) is 0 Å². The number of fused-ring (bicyclic) bond motifs is 2. The highest BCUT2D eigenvalue weighted by molar-refractivity contribution is 6.02. The van der Waals surface area contributed by atoms with E-state index in [1.807, 2.05) is 12.3 Å². The van der Waals surface area contributed by atoms with Crippen LogP contribution < -0.4 is 4.90 Å². The van der Waals surface area contributed by atoms with Crippen molar-refractivity contribution in [3.63, 3.8) is 0 Å². The maximum Gasteiger partial charge on any atom is 0.140 e. The molecule has 24 heavy (non-hydrogen) atoms. The average Bonchev–Trinajstić information content (AvgIpc) is 2.99. The molecule has 1 N–H and O–H groups in total. The van der Waals surface area contributed by atoms with Gasteiger partial charge in [-0.3, -0.25) is 5.10 Å². The lowest BCUT2D eigenvalue weighted by Crippen LogP contribution is -2.39. The number of nitrogens with one attached hydrogen (secondary N) is 1. The van der Waals surface area contributed by atoms with Crippen molar-refractivity contribution in [2.45, 2.75) is 32.4 Å². The van der Waals surface area contributed by atoms with Gasteiger partial charge in [0.1, 0.15) is 11.5 Å². The first kappa shape index (κ1) is 14.0. The minimum Gasteiger partial charge on any atom is -0.381 e. The van der Waals surface area contributed by atoms with Gasteiger partial charge in [-0.2, -0.15) is 5.10 Å². The zero-order chi connectivity index (χ0) is 16.1.